The van der Waals surface area contributed by atoms with Crippen LogP contribution in [-0.2, 0) is 30.3 Å². The molecule has 0 fully saturated rings. The molecule has 3 rings (SSSR count). The zero-order valence-electron chi connectivity index (χ0n) is 14.3. The van der Waals surface area contributed by atoms with Gasteiger partial charge in [0.1, 0.15) is 0 Å². The molecule has 6 heteroatoms. The molecule has 1 aromatic carbocycles. The van der Waals surface area contributed by atoms with Crippen molar-refractivity contribution in [3.05, 3.63) is 63.7 Å². The van der Waals surface area contributed by atoms with Gasteiger partial charge in [0.25, 0.3) is 0 Å². The number of carbonyl (C=O) groups excluding carboxylic acids is 3. The fraction of sp³-hybridized carbons (Fsp3) is 0.250. The third kappa shape index (κ3) is 3.48. The number of benzene rings is 1. The molecule has 0 heterocycles. The molecule has 0 bridgehead atoms. The summed E-state index contributed by atoms with van der Waals surface area (Å²) in [7, 11) is 1.25. The van der Waals surface area contributed by atoms with E-state index in [1.54, 1.807) is 13.0 Å². The Bertz CT molecular complexity index is 878. The lowest BCUT2D eigenvalue weighted by atomic mass is 9.83. The topological polar surface area (TPSA) is 69.7 Å². The van der Waals surface area contributed by atoms with Gasteiger partial charge in [0.15, 0.2) is 0 Å². The minimum absolute atomic E-state index is 0.227. The summed E-state index contributed by atoms with van der Waals surface area (Å²) in [5.41, 5.74) is 2.64. The molecule has 134 valence electrons. The Kier molecular flexibility index (Phi) is 5.09. The predicted molar refractivity (Wildman–Crippen MR) is 95.9 cm³/mol. The molecular formula is C20H17ClO5. The number of ether oxygens (including phenoxy) is 2. The smallest absolute Gasteiger partial charge is 0.342 e. The van der Waals surface area contributed by atoms with Gasteiger partial charge in [0, 0.05) is 28.5 Å². The first kappa shape index (κ1) is 18.1. The van der Waals surface area contributed by atoms with Crippen molar-refractivity contribution in [2.75, 3.05) is 7.11 Å². The second kappa shape index (κ2) is 7.30. The highest BCUT2D eigenvalue weighted by Gasteiger charge is 2.35. The molecule has 0 aliphatic heterocycles. The second-order valence-electron chi connectivity index (χ2n) is 6.21. The standard InChI is InChI=1S/C20H17ClO5/c1-11-16(19(23)25-2)9-15(21)10-17(11)20(24)26-18(22)14-7-12-5-3-4-6-13(12)8-14/h3-7,9-11,17H,8H2,1-2H3. The van der Waals surface area contributed by atoms with E-state index >= 15 is 0 Å². The fourth-order valence-electron chi connectivity index (χ4n) is 3.11. The molecule has 0 N–H and O–H groups in total. The van der Waals surface area contributed by atoms with Crippen molar-refractivity contribution in [3.63, 3.8) is 0 Å². The van der Waals surface area contributed by atoms with E-state index in [-0.39, 0.29) is 10.6 Å². The van der Waals surface area contributed by atoms with Crippen LogP contribution in [0.2, 0.25) is 0 Å². The van der Waals surface area contributed by atoms with Crippen molar-refractivity contribution >= 4 is 35.6 Å². The van der Waals surface area contributed by atoms with Crippen LogP contribution in [0.5, 0.6) is 0 Å². The lowest BCUT2D eigenvalue weighted by Crippen LogP contribution is -2.30. The predicted octanol–water partition coefficient (Wildman–Crippen LogP) is 3.18. The Morgan fingerprint density at radius 1 is 1.12 bits per heavy atom. The summed E-state index contributed by atoms with van der Waals surface area (Å²) in [6, 6.07) is 7.60. The molecule has 0 saturated heterocycles. The van der Waals surface area contributed by atoms with E-state index in [1.807, 2.05) is 24.3 Å². The number of fused-ring (bicyclic) bond motifs is 1. The molecule has 2 aliphatic rings. The second-order valence-corrected chi connectivity index (χ2v) is 6.65. The van der Waals surface area contributed by atoms with E-state index < -0.39 is 29.7 Å². The Labute approximate surface area is 155 Å². The number of methoxy groups -OCH3 is 1. The molecule has 2 unspecified atom stereocenters. The Hall–Kier alpha value is -2.66. The number of esters is 3. The van der Waals surface area contributed by atoms with E-state index in [2.05, 4.69) is 0 Å². The molecule has 2 atom stereocenters. The van der Waals surface area contributed by atoms with Gasteiger partial charge in [-0.3, -0.25) is 4.79 Å². The molecular weight excluding hydrogens is 356 g/mol. The van der Waals surface area contributed by atoms with Gasteiger partial charge in [-0.05, 0) is 23.3 Å². The number of hydrogen-bond donors (Lipinski definition) is 0. The maximum atomic E-state index is 12.5. The van der Waals surface area contributed by atoms with Gasteiger partial charge in [0.2, 0.25) is 0 Å². The van der Waals surface area contributed by atoms with Crippen molar-refractivity contribution < 1.29 is 23.9 Å². The molecule has 2 aliphatic carbocycles. The highest BCUT2D eigenvalue weighted by Crippen LogP contribution is 2.33. The largest absolute Gasteiger partial charge is 0.466 e. The molecule has 1 aromatic rings. The first-order valence-corrected chi connectivity index (χ1v) is 8.50. The van der Waals surface area contributed by atoms with Gasteiger partial charge in [-0.2, -0.15) is 0 Å². The van der Waals surface area contributed by atoms with Crippen LogP contribution in [0.4, 0.5) is 0 Å². The van der Waals surface area contributed by atoms with Crippen molar-refractivity contribution in [3.8, 4) is 0 Å². The number of carbonyl (C=O) groups is 3. The number of hydrogen-bond acceptors (Lipinski definition) is 5. The van der Waals surface area contributed by atoms with E-state index in [0.717, 1.165) is 11.1 Å². The third-order valence-corrected chi connectivity index (χ3v) is 4.81. The zero-order valence-corrected chi connectivity index (χ0v) is 15.1. The van der Waals surface area contributed by atoms with E-state index in [9.17, 15) is 14.4 Å². The first-order valence-electron chi connectivity index (χ1n) is 8.12. The van der Waals surface area contributed by atoms with Crippen LogP contribution >= 0.6 is 11.6 Å². The van der Waals surface area contributed by atoms with Gasteiger partial charge in [-0.1, -0.05) is 48.9 Å². The molecule has 0 spiro atoms. The quantitative estimate of drug-likeness (QED) is 0.602. The van der Waals surface area contributed by atoms with Crippen LogP contribution < -0.4 is 0 Å². The van der Waals surface area contributed by atoms with Gasteiger partial charge in [-0.25, -0.2) is 9.59 Å². The van der Waals surface area contributed by atoms with Crippen LogP contribution in [0.3, 0.4) is 0 Å². The number of rotatable bonds is 3. The molecule has 0 aromatic heterocycles. The SMILES string of the molecule is COC(=O)C1=CC(Cl)=CC(C(=O)OC(=O)C2=Cc3ccccc3C2)C1C. The minimum atomic E-state index is -0.838. The van der Waals surface area contributed by atoms with Crippen LogP contribution in [0.15, 0.2) is 52.6 Å². The highest BCUT2D eigenvalue weighted by atomic mass is 35.5. The third-order valence-electron chi connectivity index (χ3n) is 4.58. The summed E-state index contributed by atoms with van der Waals surface area (Å²) in [5.74, 6) is -3.35. The highest BCUT2D eigenvalue weighted by molar-refractivity contribution is 6.31. The van der Waals surface area contributed by atoms with Crippen molar-refractivity contribution in [2.45, 2.75) is 13.3 Å². The lowest BCUT2D eigenvalue weighted by Gasteiger charge is -2.24. The zero-order chi connectivity index (χ0) is 18.8. The lowest BCUT2D eigenvalue weighted by molar-refractivity contribution is -0.159. The molecule has 5 nitrogen and oxygen atoms in total. The van der Waals surface area contributed by atoms with Crippen molar-refractivity contribution in [1.82, 2.24) is 0 Å². The Morgan fingerprint density at radius 2 is 1.85 bits per heavy atom. The van der Waals surface area contributed by atoms with Crippen molar-refractivity contribution in [2.24, 2.45) is 11.8 Å². The summed E-state index contributed by atoms with van der Waals surface area (Å²) >= 11 is 6.01. The van der Waals surface area contributed by atoms with Crippen LogP contribution in [-0.4, -0.2) is 25.0 Å². The van der Waals surface area contributed by atoms with E-state index in [0.29, 0.717) is 12.0 Å². The summed E-state index contributed by atoms with van der Waals surface area (Å²) in [5, 5.41) is 0.227. The van der Waals surface area contributed by atoms with E-state index in [4.69, 9.17) is 21.1 Å². The average molecular weight is 373 g/mol. The summed E-state index contributed by atoms with van der Waals surface area (Å²) in [6.45, 7) is 1.68. The maximum absolute atomic E-state index is 12.5. The van der Waals surface area contributed by atoms with Crippen molar-refractivity contribution in [1.29, 1.82) is 0 Å². The molecule has 0 saturated carbocycles. The average Bonchev–Trinajstić information content (AvgIpc) is 3.06. The molecule has 0 radical (unpaired) electrons. The molecule has 0 amide bonds. The Balaban J connectivity index is 1.72. The van der Waals surface area contributed by atoms with Gasteiger partial charge < -0.3 is 9.47 Å². The van der Waals surface area contributed by atoms with Gasteiger partial charge in [-0.15, -0.1) is 0 Å². The van der Waals surface area contributed by atoms with E-state index in [1.165, 1.54) is 19.3 Å². The fourth-order valence-corrected chi connectivity index (χ4v) is 3.36. The summed E-state index contributed by atoms with van der Waals surface area (Å²) < 4.78 is 9.77. The van der Waals surface area contributed by atoms with Gasteiger partial charge in [0.05, 0.1) is 13.0 Å². The maximum Gasteiger partial charge on any atom is 0.342 e. The number of allylic oxidation sites excluding steroid dienone is 2. The summed E-state index contributed by atoms with van der Waals surface area (Å²) in [6.07, 6.45) is 5.08. The first-order chi connectivity index (χ1) is 12.4. The van der Waals surface area contributed by atoms with Crippen LogP contribution in [0.25, 0.3) is 6.08 Å². The summed E-state index contributed by atoms with van der Waals surface area (Å²) in [4.78, 5) is 36.7. The number of halogens is 1. The van der Waals surface area contributed by atoms with Gasteiger partial charge >= 0.3 is 17.9 Å². The molecule has 26 heavy (non-hydrogen) atoms. The monoisotopic (exact) mass is 372 g/mol. The van der Waals surface area contributed by atoms with Crippen LogP contribution in [0.1, 0.15) is 18.1 Å². The van der Waals surface area contributed by atoms with Crippen LogP contribution in [0, 0.1) is 11.8 Å². The minimum Gasteiger partial charge on any atom is -0.466 e. The Morgan fingerprint density at radius 3 is 2.54 bits per heavy atom. The normalized spacial score (nSPS) is 21.1.